The summed E-state index contributed by atoms with van der Waals surface area (Å²) in [5, 5.41) is 11.3. The van der Waals surface area contributed by atoms with E-state index in [2.05, 4.69) is 26.2 Å². The zero-order chi connectivity index (χ0) is 12.6. The van der Waals surface area contributed by atoms with Gasteiger partial charge in [0.15, 0.2) is 0 Å². The van der Waals surface area contributed by atoms with Crippen molar-refractivity contribution in [2.45, 2.75) is 19.4 Å². The van der Waals surface area contributed by atoms with Crippen LogP contribution < -0.4 is 5.32 Å². The largest absolute Gasteiger partial charge is 0.465 e. The zero-order valence-electron chi connectivity index (χ0n) is 9.44. The monoisotopic (exact) mass is 297 g/mol. The Balaban J connectivity index is 2.56. The van der Waals surface area contributed by atoms with Crippen LogP contribution in [-0.4, -0.2) is 20.6 Å². The van der Waals surface area contributed by atoms with Gasteiger partial charge in [0.05, 0.1) is 17.3 Å². The quantitative estimate of drug-likeness (QED) is 0.895. The molecule has 6 heteroatoms. The molecule has 2 heterocycles. The van der Waals surface area contributed by atoms with Gasteiger partial charge in [-0.05, 0) is 41.9 Å². The zero-order valence-corrected chi connectivity index (χ0v) is 11.0. The third kappa shape index (κ3) is 2.12. The Bertz CT molecular complexity index is 577. The fourth-order valence-electron chi connectivity index (χ4n) is 1.77. The van der Waals surface area contributed by atoms with Crippen molar-refractivity contribution in [3.8, 4) is 0 Å². The molecular weight excluding hydrogens is 286 g/mol. The third-order valence-electron chi connectivity index (χ3n) is 2.50. The highest BCUT2D eigenvalue weighted by Crippen LogP contribution is 2.24. The van der Waals surface area contributed by atoms with Crippen LogP contribution in [0.2, 0.25) is 0 Å². The number of nitrogens with one attached hydrogen (secondary N) is 1. The second-order valence-electron chi connectivity index (χ2n) is 4.25. The second kappa shape index (κ2) is 4.03. The number of aromatic nitrogens is 2. The van der Waals surface area contributed by atoms with Gasteiger partial charge in [0.25, 0.3) is 0 Å². The van der Waals surface area contributed by atoms with Crippen LogP contribution in [0, 0.1) is 0 Å². The number of halogens is 1. The van der Waals surface area contributed by atoms with Crippen molar-refractivity contribution < 1.29 is 9.90 Å². The van der Waals surface area contributed by atoms with Gasteiger partial charge in [-0.15, -0.1) is 0 Å². The number of rotatable bonds is 2. The standard InChI is InChI=1S/C11H12BrN3O2/c1-11(2,14-10(16)17)9-13-6-8-7(12)4-3-5-15(8)9/h3-6,14H,1-2H3,(H,16,17). The van der Waals surface area contributed by atoms with Crippen LogP contribution in [0.4, 0.5) is 4.79 Å². The van der Waals surface area contributed by atoms with E-state index in [4.69, 9.17) is 5.11 Å². The number of fused-ring (bicyclic) bond motifs is 1. The van der Waals surface area contributed by atoms with Crippen LogP contribution in [-0.2, 0) is 5.54 Å². The van der Waals surface area contributed by atoms with Crippen molar-refractivity contribution in [1.29, 1.82) is 0 Å². The molecule has 17 heavy (non-hydrogen) atoms. The molecule has 2 rings (SSSR count). The number of nitrogens with zero attached hydrogens (tertiary/aromatic N) is 2. The van der Waals surface area contributed by atoms with E-state index in [0.29, 0.717) is 5.82 Å². The maximum absolute atomic E-state index is 10.8. The molecule has 5 nitrogen and oxygen atoms in total. The van der Waals surface area contributed by atoms with E-state index < -0.39 is 11.6 Å². The summed E-state index contributed by atoms with van der Waals surface area (Å²) in [6.45, 7) is 3.55. The van der Waals surface area contributed by atoms with E-state index in [9.17, 15) is 4.79 Å². The van der Waals surface area contributed by atoms with E-state index in [0.717, 1.165) is 9.99 Å². The number of imidazole rings is 1. The molecule has 0 bridgehead atoms. The van der Waals surface area contributed by atoms with Crippen molar-refractivity contribution in [3.05, 3.63) is 34.8 Å². The van der Waals surface area contributed by atoms with Gasteiger partial charge in [0.2, 0.25) is 0 Å². The van der Waals surface area contributed by atoms with Gasteiger partial charge in [0, 0.05) is 10.7 Å². The first-order valence-corrected chi connectivity index (χ1v) is 5.84. The molecule has 0 aliphatic carbocycles. The molecule has 0 saturated heterocycles. The molecule has 0 atom stereocenters. The molecule has 0 radical (unpaired) electrons. The van der Waals surface area contributed by atoms with E-state index in [1.54, 1.807) is 20.0 Å². The Morgan fingerprint density at radius 1 is 1.59 bits per heavy atom. The third-order valence-corrected chi connectivity index (χ3v) is 3.17. The van der Waals surface area contributed by atoms with Gasteiger partial charge in [-0.1, -0.05) is 0 Å². The average Bonchev–Trinajstić information content (AvgIpc) is 2.61. The Morgan fingerprint density at radius 2 is 2.29 bits per heavy atom. The molecule has 2 aromatic rings. The predicted octanol–water partition coefficient (Wildman–Crippen LogP) is 2.60. The maximum Gasteiger partial charge on any atom is 0.405 e. The molecule has 0 saturated carbocycles. The molecule has 0 fully saturated rings. The highest BCUT2D eigenvalue weighted by Gasteiger charge is 2.27. The van der Waals surface area contributed by atoms with Crippen LogP contribution in [0.3, 0.4) is 0 Å². The lowest BCUT2D eigenvalue weighted by Crippen LogP contribution is -2.41. The summed E-state index contributed by atoms with van der Waals surface area (Å²) in [5.41, 5.74) is 0.154. The first kappa shape index (κ1) is 11.9. The van der Waals surface area contributed by atoms with Crippen LogP contribution in [0.1, 0.15) is 19.7 Å². The molecule has 2 N–H and O–H groups in total. The predicted molar refractivity (Wildman–Crippen MR) is 67.1 cm³/mol. The first-order chi connectivity index (χ1) is 7.92. The van der Waals surface area contributed by atoms with E-state index in [1.165, 1.54) is 0 Å². The highest BCUT2D eigenvalue weighted by molar-refractivity contribution is 9.10. The Hall–Kier alpha value is -1.56. The van der Waals surface area contributed by atoms with Crippen molar-refractivity contribution >= 4 is 27.5 Å². The number of carbonyl (C=O) groups is 1. The summed E-state index contributed by atoms with van der Waals surface area (Å²) in [5.74, 6) is 0.649. The molecular formula is C11H12BrN3O2. The van der Waals surface area contributed by atoms with Gasteiger partial charge >= 0.3 is 6.09 Å². The fraction of sp³-hybridized carbons (Fsp3) is 0.273. The van der Waals surface area contributed by atoms with Gasteiger partial charge in [-0.2, -0.15) is 0 Å². The molecule has 0 aromatic carbocycles. The summed E-state index contributed by atoms with van der Waals surface area (Å²) < 4.78 is 2.78. The van der Waals surface area contributed by atoms with Gasteiger partial charge in [-0.25, -0.2) is 9.78 Å². The highest BCUT2D eigenvalue weighted by atomic mass is 79.9. The topological polar surface area (TPSA) is 66.6 Å². The Kier molecular flexibility index (Phi) is 2.82. The molecule has 90 valence electrons. The summed E-state index contributed by atoms with van der Waals surface area (Å²) in [4.78, 5) is 15.0. The van der Waals surface area contributed by atoms with Crippen molar-refractivity contribution in [2.24, 2.45) is 0 Å². The summed E-state index contributed by atoms with van der Waals surface area (Å²) in [6, 6.07) is 3.79. The van der Waals surface area contributed by atoms with Crippen molar-refractivity contribution in [1.82, 2.24) is 14.7 Å². The second-order valence-corrected chi connectivity index (χ2v) is 5.10. The maximum atomic E-state index is 10.8. The molecule has 0 aliphatic heterocycles. The van der Waals surface area contributed by atoms with Crippen LogP contribution in [0.15, 0.2) is 29.0 Å². The van der Waals surface area contributed by atoms with Crippen molar-refractivity contribution in [2.75, 3.05) is 0 Å². The first-order valence-electron chi connectivity index (χ1n) is 5.05. The smallest absolute Gasteiger partial charge is 0.405 e. The van der Waals surface area contributed by atoms with Crippen LogP contribution in [0.5, 0.6) is 0 Å². The minimum Gasteiger partial charge on any atom is -0.465 e. The van der Waals surface area contributed by atoms with E-state index >= 15 is 0 Å². The van der Waals surface area contributed by atoms with Gasteiger partial charge in [-0.3, -0.25) is 0 Å². The van der Waals surface area contributed by atoms with Crippen LogP contribution in [0.25, 0.3) is 5.52 Å². The summed E-state index contributed by atoms with van der Waals surface area (Å²) in [7, 11) is 0. The lowest BCUT2D eigenvalue weighted by Gasteiger charge is -2.23. The van der Waals surface area contributed by atoms with Gasteiger partial charge in [0.1, 0.15) is 5.82 Å². The number of hydrogen-bond donors (Lipinski definition) is 2. The summed E-state index contributed by atoms with van der Waals surface area (Å²) in [6.07, 6.45) is 2.50. The minimum atomic E-state index is -1.07. The normalized spacial score (nSPS) is 11.7. The Labute approximate surface area is 107 Å². The SMILES string of the molecule is CC(C)(NC(=O)O)c1ncc2c(Br)cccn12. The molecule has 0 aliphatic rings. The molecule has 0 spiro atoms. The van der Waals surface area contributed by atoms with Crippen LogP contribution >= 0.6 is 15.9 Å². The van der Waals surface area contributed by atoms with E-state index in [-0.39, 0.29) is 0 Å². The fourth-order valence-corrected chi connectivity index (χ4v) is 2.22. The molecule has 1 amide bonds. The number of pyridine rings is 1. The Morgan fingerprint density at radius 3 is 2.94 bits per heavy atom. The summed E-state index contributed by atoms with van der Waals surface area (Å²) >= 11 is 3.43. The van der Waals surface area contributed by atoms with Crippen molar-refractivity contribution in [3.63, 3.8) is 0 Å². The minimum absolute atomic E-state index is 0.649. The molecule has 0 unspecified atom stereocenters. The molecule has 2 aromatic heterocycles. The number of carboxylic acid groups (broad SMARTS) is 1. The number of amides is 1. The van der Waals surface area contributed by atoms with E-state index in [1.807, 2.05) is 22.7 Å². The van der Waals surface area contributed by atoms with Gasteiger partial charge < -0.3 is 14.8 Å². The lowest BCUT2D eigenvalue weighted by molar-refractivity contribution is 0.181. The average molecular weight is 298 g/mol. The number of hydrogen-bond acceptors (Lipinski definition) is 2. The lowest BCUT2D eigenvalue weighted by atomic mass is 10.1.